The first-order chi connectivity index (χ1) is 13.5. The number of carbonyl (C=O) groups is 3. The number of imide groups is 1. The molecule has 0 aliphatic carbocycles. The summed E-state index contributed by atoms with van der Waals surface area (Å²) in [6.07, 6.45) is 1.53. The van der Waals surface area contributed by atoms with E-state index in [1.807, 2.05) is 55.5 Å². The van der Waals surface area contributed by atoms with Crippen molar-refractivity contribution in [1.82, 2.24) is 10.2 Å². The van der Waals surface area contributed by atoms with E-state index in [-0.39, 0.29) is 11.1 Å². The Bertz CT molecular complexity index is 938. The molecule has 1 aliphatic rings. The van der Waals surface area contributed by atoms with Crippen LogP contribution in [0.5, 0.6) is 0 Å². The van der Waals surface area contributed by atoms with Crippen LogP contribution in [0.4, 0.5) is 9.59 Å². The van der Waals surface area contributed by atoms with Gasteiger partial charge in [-0.05, 0) is 52.6 Å². The van der Waals surface area contributed by atoms with E-state index in [1.165, 1.54) is 4.90 Å². The Kier molecular flexibility index (Phi) is 6.16. The van der Waals surface area contributed by atoms with Crippen LogP contribution in [0.2, 0.25) is 0 Å². The van der Waals surface area contributed by atoms with Crippen molar-refractivity contribution < 1.29 is 19.5 Å². The Morgan fingerprint density at radius 3 is 2.50 bits per heavy atom. The van der Waals surface area contributed by atoms with E-state index in [0.717, 1.165) is 40.4 Å². The van der Waals surface area contributed by atoms with Gasteiger partial charge in [-0.25, -0.2) is 4.79 Å². The second-order valence-electron chi connectivity index (χ2n) is 6.38. The molecule has 1 aliphatic heterocycles. The Balaban J connectivity index is 1.77. The van der Waals surface area contributed by atoms with Crippen molar-refractivity contribution >= 4 is 35.1 Å². The molecular weight excluding hydrogens is 376 g/mol. The molecule has 6 nitrogen and oxygen atoms in total. The zero-order valence-electron chi connectivity index (χ0n) is 15.3. The first-order valence-corrected chi connectivity index (χ1v) is 9.70. The highest BCUT2D eigenvalue weighted by Crippen LogP contribution is 2.27. The number of hydrogen-bond acceptors (Lipinski definition) is 4. The molecule has 3 rings (SSSR count). The molecule has 1 fully saturated rings. The molecular formula is C21H20N2O4S. The lowest BCUT2D eigenvalue weighted by molar-refractivity contribution is -0.115. The van der Waals surface area contributed by atoms with Gasteiger partial charge < -0.3 is 10.0 Å². The minimum absolute atomic E-state index is 0.349. The predicted octanol–water partition coefficient (Wildman–Crippen LogP) is 4.57. The number of amides is 3. The normalized spacial score (nSPS) is 15.0. The minimum Gasteiger partial charge on any atom is -0.465 e. The van der Waals surface area contributed by atoms with E-state index < -0.39 is 6.09 Å². The summed E-state index contributed by atoms with van der Waals surface area (Å²) in [5.74, 6) is -0.373. The Hall–Kier alpha value is -3.06. The number of hydrogen-bond donors (Lipinski definition) is 2. The summed E-state index contributed by atoms with van der Waals surface area (Å²) in [5, 5.41) is 11.2. The molecule has 2 N–H and O–H groups in total. The van der Waals surface area contributed by atoms with Gasteiger partial charge in [0.1, 0.15) is 0 Å². The van der Waals surface area contributed by atoms with Crippen molar-refractivity contribution in [1.29, 1.82) is 0 Å². The maximum absolute atomic E-state index is 11.6. The van der Waals surface area contributed by atoms with Crippen molar-refractivity contribution in [2.24, 2.45) is 0 Å². The summed E-state index contributed by atoms with van der Waals surface area (Å²) in [4.78, 5) is 36.0. The molecule has 3 amide bonds. The molecule has 0 aromatic heterocycles. The van der Waals surface area contributed by atoms with Crippen molar-refractivity contribution in [2.75, 3.05) is 6.54 Å². The maximum Gasteiger partial charge on any atom is 0.407 e. The van der Waals surface area contributed by atoms with E-state index in [0.29, 0.717) is 18.0 Å². The SMILES string of the molecule is CCCN(Cc1cccc(-c2ccc(/C=C3/SC(=O)NC3=O)cc2)c1)C(=O)O. The highest BCUT2D eigenvalue weighted by Gasteiger charge is 2.24. The fraction of sp³-hybridized carbons (Fsp3) is 0.190. The third kappa shape index (κ3) is 4.80. The lowest BCUT2D eigenvalue weighted by Gasteiger charge is -2.18. The van der Waals surface area contributed by atoms with Crippen LogP contribution in [-0.2, 0) is 11.3 Å². The van der Waals surface area contributed by atoms with Gasteiger partial charge >= 0.3 is 6.09 Å². The average molecular weight is 396 g/mol. The van der Waals surface area contributed by atoms with Crippen LogP contribution in [0.25, 0.3) is 17.2 Å². The Morgan fingerprint density at radius 1 is 1.14 bits per heavy atom. The number of thioether (sulfide) groups is 1. The quantitative estimate of drug-likeness (QED) is 0.699. The largest absolute Gasteiger partial charge is 0.465 e. The van der Waals surface area contributed by atoms with Crippen LogP contribution in [0.1, 0.15) is 24.5 Å². The molecule has 28 heavy (non-hydrogen) atoms. The van der Waals surface area contributed by atoms with Gasteiger partial charge in [-0.1, -0.05) is 49.4 Å². The zero-order valence-corrected chi connectivity index (χ0v) is 16.2. The molecule has 2 aromatic rings. The standard InChI is InChI=1S/C21H20N2O4S/c1-2-10-23(21(26)27)13-15-4-3-5-17(11-15)16-8-6-14(7-9-16)12-18-19(24)22-20(25)28-18/h3-9,11-12H,2,10,13H2,1H3,(H,26,27)(H,22,24,25)/b18-12+. The molecule has 2 aromatic carbocycles. The minimum atomic E-state index is -0.919. The Morgan fingerprint density at radius 2 is 1.89 bits per heavy atom. The van der Waals surface area contributed by atoms with Gasteiger partial charge in [-0.15, -0.1) is 0 Å². The summed E-state index contributed by atoms with van der Waals surface area (Å²) >= 11 is 0.892. The summed E-state index contributed by atoms with van der Waals surface area (Å²) < 4.78 is 0. The molecule has 1 saturated heterocycles. The van der Waals surface area contributed by atoms with Gasteiger partial charge in [-0.3, -0.25) is 14.9 Å². The van der Waals surface area contributed by atoms with Crippen LogP contribution in [0.3, 0.4) is 0 Å². The van der Waals surface area contributed by atoms with Crippen LogP contribution in [0.15, 0.2) is 53.4 Å². The van der Waals surface area contributed by atoms with E-state index in [1.54, 1.807) is 6.08 Å². The first-order valence-electron chi connectivity index (χ1n) is 8.88. The average Bonchev–Trinajstić information content (AvgIpc) is 2.99. The van der Waals surface area contributed by atoms with Crippen LogP contribution in [0, 0.1) is 0 Å². The third-order valence-corrected chi connectivity index (χ3v) is 5.06. The fourth-order valence-electron chi connectivity index (χ4n) is 2.93. The summed E-state index contributed by atoms with van der Waals surface area (Å²) in [6.45, 7) is 2.80. The topological polar surface area (TPSA) is 86.7 Å². The van der Waals surface area contributed by atoms with E-state index in [2.05, 4.69) is 5.32 Å². The van der Waals surface area contributed by atoms with Crippen molar-refractivity contribution in [3.63, 3.8) is 0 Å². The number of carboxylic acid groups (broad SMARTS) is 1. The second kappa shape index (κ2) is 8.75. The number of carbonyl (C=O) groups excluding carboxylic acids is 2. The fourth-order valence-corrected chi connectivity index (χ4v) is 3.61. The monoisotopic (exact) mass is 396 g/mol. The Labute approximate surface area is 167 Å². The molecule has 0 radical (unpaired) electrons. The zero-order chi connectivity index (χ0) is 20.1. The van der Waals surface area contributed by atoms with Crippen molar-refractivity contribution in [3.05, 3.63) is 64.6 Å². The van der Waals surface area contributed by atoms with E-state index in [9.17, 15) is 19.5 Å². The predicted molar refractivity (Wildman–Crippen MR) is 110 cm³/mol. The van der Waals surface area contributed by atoms with Gasteiger partial charge in [0.15, 0.2) is 0 Å². The smallest absolute Gasteiger partial charge is 0.407 e. The maximum atomic E-state index is 11.6. The molecule has 0 spiro atoms. The van der Waals surface area contributed by atoms with Crippen LogP contribution < -0.4 is 5.32 Å². The number of nitrogens with one attached hydrogen (secondary N) is 1. The molecule has 1 heterocycles. The van der Waals surface area contributed by atoms with E-state index >= 15 is 0 Å². The van der Waals surface area contributed by atoms with Crippen molar-refractivity contribution in [3.8, 4) is 11.1 Å². The number of rotatable bonds is 6. The molecule has 0 unspecified atom stereocenters. The molecule has 0 saturated carbocycles. The summed E-state index contributed by atoms with van der Waals surface area (Å²) in [7, 11) is 0. The summed E-state index contributed by atoms with van der Waals surface area (Å²) in [6, 6.07) is 15.4. The highest BCUT2D eigenvalue weighted by molar-refractivity contribution is 8.18. The molecule has 0 atom stereocenters. The van der Waals surface area contributed by atoms with Gasteiger partial charge in [0.25, 0.3) is 11.1 Å². The number of benzene rings is 2. The van der Waals surface area contributed by atoms with Crippen LogP contribution >= 0.6 is 11.8 Å². The molecule has 0 bridgehead atoms. The van der Waals surface area contributed by atoms with Gasteiger partial charge in [0.05, 0.1) is 4.91 Å². The third-order valence-electron chi connectivity index (χ3n) is 4.25. The molecule has 144 valence electrons. The van der Waals surface area contributed by atoms with Gasteiger partial charge in [-0.2, -0.15) is 0 Å². The second-order valence-corrected chi connectivity index (χ2v) is 7.39. The van der Waals surface area contributed by atoms with Crippen molar-refractivity contribution in [2.45, 2.75) is 19.9 Å². The first kappa shape index (κ1) is 19.7. The van der Waals surface area contributed by atoms with Gasteiger partial charge in [0, 0.05) is 13.1 Å². The van der Waals surface area contributed by atoms with E-state index in [4.69, 9.17) is 0 Å². The highest BCUT2D eigenvalue weighted by atomic mass is 32.2. The lowest BCUT2D eigenvalue weighted by Crippen LogP contribution is -2.29. The molecule has 7 heteroatoms. The number of nitrogens with zero attached hydrogens (tertiary/aromatic N) is 1. The van der Waals surface area contributed by atoms with Crippen LogP contribution in [-0.4, -0.2) is 33.8 Å². The summed E-state index contributed by atoms with van der Waals surface area (Å²) in [5.41, 5.74) is 3.73. The lowest BCUT2D eigenvalue weighted by atomic mass is 10.0. The van der Waals surface area contributed by atoms with Gasteiger partial charge in [0.2, 0.25) is 0 Å².